The van der Waals surface area contributed by atoms with E-state index < -0.39 is 12.0 Å². The molecule has 88 valence electrons. The summed E-state index contributed by atoms with van der Waals surface area (Å²) in [6.45, 7) is 1.58. The molecule has 1 aromatic carbocycles. The van der Waals surface area contributed by atoms with Crippen molar-refractivity contribution >= 4 is 21.8 Å². The van der Waals surface area contributed by atoms with Gasteiger partial charge in [-0.05, 0) is 24.6 Å². The van der Waals surface area contributed by atoms with Gasteiger partial charge in [-0.25, -0.2) is 5.84 Å². The van der Waals surface area contributed by atoms with Crippen molar-refractivity contribution in [2.45, 2.75) is 13.0 Å². The predicted molar refractivity (Wildman–Crippen MR) is 56.8 cm³/mol. The maximum absolute atomic E-state index is 13.1. The lowest BCUT2D eigenvalue weighted by atomic mass is 10.2. The fourth-order valence-corrected chi connectivity index (χ4v) is 1.29. The molecule has 0 aliphatic heterocycles. The molecule has 0 saturated carbocycles. The molecule has 0 saturated heterocycles. The molecule has 0 atom stereocenters. The van der Waals surface area contributed by atoms with Gasteiger partial charge < -0.3 is 4.74 Å². The summed E-state index contributed by atoms with van der Waals surface area (Å²) in [5.74, 6) is 2.81. The highest BCUT2D eigenvalue weighted by Gasteiger charge is 2.42. The fourth-order valence-electron chi connectivity index (χ4n) is 0.952. The van der Waals surface area contributed by atoms with Crippen LogP contribution < -0.4 is 16.0 Å². The number of hydrogen-bond acceptors (Lipinski definition) is 3. The number of hydrogen-bond donors (Lipinski definition) is 2. The van der Waals surface area contributed by atoms with Crippen LogP contribution in [0.1, 0.15) is 5.56 Å². The summed E-state index contributed by atoms with van der Waals surface area (Å²) in [5.41, 5.74) is 1.81. The Hall–Kier alpha value is -1.21. The molecule has 1 rings (SSSR count). The van der Waals surface area contributed by atoms with Crippen molar-refractivity contribution in [3.05, 3.63) is 28.2 Å². The van der Waals surface area contributed by atoms with Crippen molar-refractivity contribution in [1.82, 2.24) is 5.43 Å². The van der Waals surface area contributed by atoms with Gasteiger partial charge in [-0.15, -0.1) is 0 Å². The van der Waals surface area contributed by atoms with Gasteiger partial charge in [0.2, 0.25) is 0 Å². The predicted octanol–water partition coefficient (Wildman–Crippen LogP) is 1.72. The standard InChI is InChI=1S/C9H9BrF2N2O2/c1-5-2-3-6(10)4-7(5)16-9(11,12)8(15)14-13/h2-4H,13H2,1H3,(H,14,15). The molecule has 0 aliphatic rings. The number of halogens is 3. The number of rotatable bonds is 3. The number of hydrazine groups is 1. The van der Waals surface area contributed by atoms with E-state index in [2.05, 4.69) is 26.5 Å². The molecule has 0 heterocycles. The summed E-state index contributed by atoms with van der Waals surface area (Å²) >= 11 is 3.11. The Kier molecular flexibility index (Phi) is 3.82. The highest BCUT2D eigenvalue weighted by Crippen LogP contribution is 2.28. The Morgan fingerprint density at radius 1 is 1.56 bits per heavy atom. The smallest absolute Gasteiger partial charge is 0.425 e. The number of aryl methyl sites for hydroxylation is 1. The average Bonchev–Trinajstić information content (AvgIpc) is 2.22. The Bertz CT molecular complexity index is 412. The van der Waals surface area contributed by atoms with Crippen LogP contribution in [0.4, 0.5) is 8.78 Å². The Morgan fingerprint density at radius 2 is 2.19 bits per heavy atom. The van der Waals surface area contributed by atoms with Crippen LogP contribution in [-0.4, -0.2) is 12.0 Å². The van der Waals surface area contributed by atoms with Gasteiger partial charge in [0.05, 0.1) is 0 Å². The third-order valence-corrected chi connectivity index (χ3v) is 2.28. The van der Waals surface area contributed by atoms with Gasteiger partial charge >= 0.3 is 12.0 Å². The summed E-state index contributed by atoms with van der Waals surface area (Å²) in [5, 5.41) is 0. The van der Waals surface area contributed by atoms with Crippen molar-refractivity contribution in [2.24, 2.45) is 5.84 Å². The maximum Gasteiger partial charge on any atom is 0.483 e. The van der Waals surface area contributed by atoms with Gasteiger partial charge in [-0.2, -0.15) is 8.78 Å². The zero-order valence-corrected chi connectivity index (χ0v) is 9.85. The monoisotopic (exact) mass is 294 g/mol. The molecule has 16 heavy (non-hydrogen) atoms. The normalized spacial score (nSPS) is 11.1. The Balaban J connectivity index is 2.95. The lowest BCUT2D eigenvalue weighted by molar-refractivity contribution is -0.193. The molecule has 0 bridgehead atoms. The van der Waals surface area contributed by atoms with Crippen LogP contribution >= 0.6 is 15.9 Å². The van der Waals surface area contributed by atoms with E-state index >= 15 is 0 Å². The van der Waals surface area contributed by atoms with Crippen LogP contribution in [0.3, 0.4) is 0 Å². The summed E-state index contributed by atoms with van der Waals surface area (Å²) in [6.07, 6.45) is -4.00. The van der Waals surface area contributed by atoms with Gasteiger partial charge in [0.25, 0.3) is 0 Å². The van der Waals surface area contributed by atoms with Crippen molar-refractivity contribution in [2.75, 3.05) is 0 Å². The van der Waals surface area contributed by atoms with Crippen LogP contribution in [0.25, 0.3) is 0 Å². The molecule has 0 radical (unpaired) electrons. The number of nitrogens with two attached hydrogens (primary N) is 1. The van der Waals surface area contributed by atoms with Crippen molar-refractivity contribution in [1.29, 1.82) is 0 Å². The first-order valence-electron chi connectivity index (χ1n) is 4.21. The fraction of sp³-hybridized carbons (Fsp3) is 0.222. The second kappa shape index (κ2) is 4.75. The molecular formula is C9H9BrF2N2O2. The van der Waals surface area contributed by atoms with E-state index in [-0.39, 0.29) is 5.75 Å². The van der Waals surface area contributed by atoms with Crippen molar-refractivity contribution < 1.29 is 18.3 Å². The maximum atomic E-state index is 13.1. The molecular weight excluding hydrogens is 286 g/mol. The van der Waals surface area contributed by atoms with Gasteiger partial charge in [0.15, 0.2) is 0 Å². The zero-order valence-electron chi connectivity index (χ0n) is 8.26. The van der Waals surface area contributed by atoms with E-state index in [1.165, 1.54) is 11.5 Å². The number of amides is 1. The molecule has 0 aliphatic carbocycles. The van der Waals surface area contributed by atoms with Gasteiger partial charge in [-0.3, -0.25) is 10.2 Å². The van der Waals surface area contributed by atoms with Crippen LogP contribution in [0.2, 0.25) is 0 Å². The average molecular weight is 295 g/mol. The first kappa shape index (κ1) is 12.9. The molecule has 3 N–H and O–H groups in total. The van der Waals surface area contributed by atoms with E-state index in [1.807, 2.05) is 0 Å². The Labute approximate surface area is 98.9 Å². The molecule has 1 amide bonds. The van der Waals surface area contributed by atoms with Crippen LogP contribution in [0.15, 0.2) is 22.7 Å². The first-order chi connectivity index (χ1) is 7.36. The van der Waals surface area contributed by atoms with Crippen LogP contribution in [0.5, 0.6) is 5.75 Å². The molecule has 0 unspecified atom stereocenters. The van der Waals surface area contributed by atoms with E-state index in [1.54, 1.807) is 19.1 Å². The Morgan fingerprint density at radius 3 is 2.75 bits per heavy atom. The van der Waals surface area contributed by atoms with E-state index in [4.69, 9.17) is 0 Å². The summed E-state index contributed by atoms with van der Waals surface area (Å²) in [4.78, 5) is 10.7. The van der Waals surface area contributed by atoms with Gasteiger partial charge in [0, 0.05) is 4.47 Å². The number of alkyl halides is 2. The molecule has 1 aromatic rings. The number of carbonyl (C=O) groups excluding carboxylic acids is 1. The lowest BCUT2D eigenvalue weighted by Crippen LogP contribution is -2.47. The molecule has 0 aromatic heterocycles. The second-order valence-corrected chi connectivity index (χ2v) is 3.92. The highest BCUT2D eigenvalue weighted by atomic mass is 79.9. The highest BCUT2D eigenvalue weighted by molar-refractivity contribution is 9.10. The minimum atomic E-state index is -4.00. The van der Waals surface area contributed by atoms with Crippen LogP contribution in [-0.2, 0) is 4.79 Å². The minimum absolute atomic E-state index is 0.0945. The molecule has 0 spiro atoms. The first-order valence-corrected chi connectivity index (χ1v) is 5.00. The third kappa shape index (κ3) is 2.89. The van der Waals surface area contributed by atoms with Gasteiger partial charge in [0.1, 0.15) is 5.75 Å². The van der Waals surface area contributed by atoms with Crippen LogP contribution in [0, 0.1) is 6.92 Å². The quantitative estimate of drug-likeness (QED) is 0.507. The van der Waals surface area contributed by atoms with Crippen molar-refractivity contribution in [3.8, 4) is 5.75 Å². The third-order valence-electron chi connectivity index (χ3n) is 1.78. The molecule has 4 nitrogen and oxygen atoms in total. The van der Waals surface area contributed by atoms with E-state index in [0.717, 1.165) is 0 Å². The summed E-state index contributed by atoms with van der Waals surface area (Å²) < 4.78 is 31.0. The SMILES string of the molecule is Cc1ccc(Br)cc1OC(F)(F)C(=O)NN. The second-order valence-electron chi connectivity index (χ2n) is 3.00. The zero-order chi connectivity index (χ0) is 12.3. The number of nitrogens with one attached hydrogen (secondary N) is 1. The summed E-state index contributed by atoms with van der Waals surface area (Å²) in [6, 6.07) is 4.59. The largest absolute Gasteiger partial charge is 0.483 e. The molecule has 7 heteroatoms. The minimum Gasteiger partial charge on any atom is -0.425 e. The van der Waals surface area contributed by atoms with E-state index in [9.17, 15) is 13.6 Å². The number of carbonyl (C=O) groups is 1. The topological polar surface area (TPSA) is 64.3 Å². The number of benzene rings is 1. The van der Waals surface area contributed by atoms with Crippen molar-refractivity contribution in [3.63, 3.8) is 0 Å². The number of ether oxygens (including phenoxy) is 1. The van der Waals surface area contributed by atoms with Gasteiger partial charge in [-0.1, -0.05) is 22.0 Å². The summed E-state index contributed by atoms with van der Waals surface area (Å²) in [7, 11) is 0. The van der Waals surface area contributed by atoms with E-state index in [0.29, 0.717) is 10.0 Å². The molecule has 0 fully saturated rings. The lowest BCUT2D eigenvalue weighted by Gasteiger charge is -2.17.